The number of benzene rings is 1. The van der Waals surface area contributed by atoms with E-state index in [-0.39, 0.29) is 11.9 Å². The van der Waals surface area contributed by atoms with Crippen molar-refractivity contribution < 1.29 is 9.53 Å². The number of pyridine rings is 1. The topological polar surface area (TPSA) is 81.6 Å². The highest BCUT2D eigenvalue weighted by Gasteiger charge is 2.27. The van der Waals surface area contributed by atoms with Gasteiger partial charge in [-0.05, 0) is 55.6 Å². The molecule has 1 amide bonds. The number of ether oxygens (including phenoxy) is 1. The zero-order valence-electron chi connectivity index (χ0n) is 15.2. The molecule has 4 rings (SSSR count). The lowest BCUT2D eigenvalue weighted by atomic mass is 10.0. The second-order valence-corrected chi connectivity index (χ2v) is 7.02. The van der Waals surface area contributed by atoms with Gasteiger partial charge in [0.15, 0.2) is 0 Å². The van der Waals surface area contributed by atoms with Gasteiger partial charge in [-0.3, -0.25) is 4.79 Å². The summed E-state index contributed by atoms with van der Waals surface area (Å²) in [5.41, 5.74) is 8.13. The second-order valence-electron chi connectivity index (χ2n) is 7.02. The Balaban J connectivity index is 1.40. The summed E-state index contributed by atoms with van der Waals surface area (Å²) in [4.78, 5) is 17.1. The van der Waals surface area contributed by atoms with Gasteiger partial charge in [0, 0.05) is 24.0 Å². The molecule has 2 atom stereocenters. The molecule has 6 nitrogen and oxygen atoms in total. The number of hydrogen-bond donors (Lipinski definition) is 2. The van der Waals surface area contributed by atoms with Crippen molar-refractivity contribution in [3.63, 3.8) is 0 Å². The first-order chi connectivity index (χ1) is 13.2. The molecule has 0 spiro atoms. The summed E-state index contributed by atoms with van der Waals surface area (Å²) in [6, 6.07) is 13.3. The fourth-order valence-corrected chi connectivity index (χ4v) is 3.70. The van der Waals surface area contributed by atoms with Crippen molar-refractivity contribution >= 4 is 11.6 Å². The van der Waals surface area contributed by atoms with E-state index in [4.69, 9.17) is 10.5 Å². The number of rotatable bonds is 6. The third-order valence-corrected chi connectivity index (χ3v) is 5.18. The minimum atomic E-state index is -0.0708. The van der Waals surface area contributed by atoms with Crippen LogP contribution < -0.4 is 15.8 Å². The molecule has 1 fully saturated rings. The highest BCUT2D eigenvalue weighted by atomic mass is 16.5. The zero-order valence-corrected chi connectivity index (χ0v) is 15.2. The van der Waals surface area contributed by atoms with Crippen molar-refractivity contribution in [2.45, 2.75) is 31.9 Å². The van der Waals surface area contributed by atoms with E-state index in [2.05, 4.69) is 10.3 Å². The lowest BCUT2D eigenvalue weighted by molar-refractivity contribution is 0.0928. The standard InChI is InChI=1S/C21H24N4O2/c22-12-16-6-4-8-19(16)24-21(26)15-5-3-7-18(11-15)27-14-17-13-25-10-2-1-9-20(25)23-17/h1-3,5,7,9-11,13,16,19H,4,6,8,12,14,22H2,(H,24,26). The smallest absolute Gasteiger partial charge is 0.251 e. The largest absolute Gasteiger partial charge is 0.487 e. The van der Waals surface area contributed by atoms with Crippen LogP contribution in [0.3, 0.4) is 0 Å². The monoisotopic (exact) mass is 364 g/mol. The second kappa shape index (κ2) is 7.80. The maximum Gasteiger partial charge on any atom is 0.251 e. The summed E-state index contributed by atoms with van der Waals surface area (Å²) in [6.45, 7) is 0.970. The van der Waals surface area contributed by atoms with Crippen LogP contribution in [0.15, 0.2) is 54.9 Å². The molecule has 2 aromatic heterocycles. The first kappa shape index (κ1) is 17.5. The Morgan fingerprint density at radius 2 is 2.19 bits per heavy atom. The number of carbonyl (C=O) groups excluding carboxylic acids is 1. The van der Waals surface area contributed by atoms with Crippen LogP contribution in [0.2, 0.25) is 0 Å². The van der Waals surface area contributed by atoms with E-state index in [1.807, 2.05) is 47.1 Å². The molecule has 1 aliphatic carbocycles. The Hall–Kier alpha value is -2.86. The van der Waals surface area contributed by atoms with Crippen molar-refractivity contribution in [3.8, 4) is 5.75 Å². The van der Waals surface area contributed by atoms with E-state index >= 15 is 0 Å². The lowest BCUT2D eigenvalue weighted by Gasteiger charge is -2.19. The van der Waals surface area contributed by atoms with Crippen molar-refractivity contribution in [3.05, 3.63) is 66.1 Å². The van der Waals surface area contributed by atoms with Crippen molar-refractivity contribution in [1.29, 1.82) is 0 Å². The van der Waals surface area contributed by atoms with Gasteiger partial charge in [-0.25, -0.2) is 4.98 Å². The molecule has 1 aromatic carbocycles. The molecular weight excluding hydrogens is 340 g/mol. The molecular formula is C21H24N4O2. The molecule has 140 valence electrons. The van der Waals surface area contributed by atoms with Gasteiger partial charge < -0.3 is 20.2 Å². The van der Waals surface area contributed by atoms with Gasteiger partial charge in [-0.2, -0.15) is 0 Å². The SMILES string of the molecule is NCC1CCCC1NC(=O)c1cccc(OCc2cn3ccccc3n2)c1. The van der Waals surface area contributed by atoms with Crippen LogP contribution in [0.25, 0.3) is 5.65 Å². The molecule has 0 aliphatic heterocycles. The van der Waals surface area contributed by atoms with Gasteiger partial charge in [0.2, 0.25) is 0 Å². The number of hydrogen-bond acceptors (Lipinski definition) is 4. The minimum Gasteiger partial charge on any atom is -0.487 e. The summed E-state index contributed by atoms with van der Waals surface area (Å²) in [5.74, 6) is 0.962. The summed E-state index contributed by atoms with van der Waals surface area (Å²) in [7, 11) is 0. The number of amides is 1. The maximum absolute atomic E-state index is 12.6. The van der Waals surface area contributed by atoms with Crippen LogP contribution in [-0.2, 0) is 6.61 Å². The van der Waals surface area contributed by atoms with Crippen LogP contribution in [0, 0.1) is 5.92 Å². The molecule has 6 heteroatoms. The average molecular weight is 364 g/mol. The van der Waals surface area contributed by atoms with E-state index in [1.165, 1.54) is 0 Å². The van der Waals surface area contributed by atoms with Gasteiger partial charge in [0.05, 0.1) is 5.69 Å². The molecule has 2 unspecified atom stereocenters. The molecule has 27 heavy (non-hydrogen) atoms. The van der Waals surface area contributed by atoms with Gasteiger partial charge in [0.1, 0.15) is 18.0 Å². The Labute approximate surface area is 158 Å². The molecule has 0 radical (unpaired) electrons. The molecule has 1 aliphatic rings. The van der Waals surface area contributed by atoms with E-state index in [9.17, 15) is 4.79 Å². The van der Waals surface area contributed by atoms with Gasteiger partial charge in [-0.1, -0.05) is 18.6 Å². The predicted octanol–water partition coefficient (Wildman–Crippen LogP) is 2.77. The number of carbonyl (C=O) groups is 1. The molecule has 1 saturated carbocycles. The van der Waals surface area contributed by atoms with Crippen LogP contribution in [0.4, 0.5) is 0 Å². The van der Waals surface area contributed by atoms with Crippen molar-refractivity contribution in [2.24, 2.45) is 11.7 Å². The summed E-state index contributed by atoms with van der Waals surface area (Å²) < 4.78 is 7.81. The summed E-state index contributed by atoms with van der Waals surface area (Å²) >= 11 is 0. The first-order valence-electron chi connectivity index (χ1n) is 9.39. The number of nitrogens with zero attached hydrogens (tertiary/aromatic N) is 2. The van der Waals surface area contributed by atoms with Gasteiger partial charge in [-0.15, -0.1) is 0 Å². The molecule has 0 bridgehead atoms. The van der Waals surface area contributed by atoms with Crippen molar-refractivity contribution in [1.82, 2.24) is 14.7 Å². The van der Waals surface area contributed by atoms with Crippen LogP contribution in [0.1, 0.15) is 35.3 Å². The van der Waals surface area contributed by atoms with Crippen molar-refractivity contribution in [2.75, 3.05) is 6.54 Å². The number of imidazole rings is 1. The minimum absolute atomic E-state index is 0.0708. The fourth-order valence-electron chi connectivity index (χ4n) is 3.70. The van der Waals surface area contributed by atoms with Crippen LogP contribution >= 0.6 is 0 Å². The molecule has 2 heterocycles. The van der Waals surface area contributed by atoms with E-state index < -0.39 is 0 Å². The number of aromatic nitrogens is 2. The molecule has 3 N–H and O–H groups in total. The predicted molar refractivity (Wildman–Crippen MR) is 104 cm³/mol. The highest BCUT2D eigenvalue weighted by Crippen LogP contribution is 2.25. The fraction of sp³-hybridized carbons (Fsp3) is 0.333. The average Bonchev–Trinajstić information content (AvgIpc) is 3.32. The van der Waals surface area contributed by atoms with Gasteiger partial charge >= 0.3 is 0 Å². The number of fused-ring (bicyclic) bond motifs is 1. The van der Waals surface area contributed by atoms with Gasteiger partial charge in [0.25, 0.3) is 5.91 Å². The quantitative estimate of drug-likeness (QED) is 0.705. The van der Waals surface area contributed by atoms with E-state index in [0.717, 1.165) is 30.6 Å². The third-order valence-electron chi connectivity index (χ3n) is 5.18. The van der Waals surface area contributed by atoms with Crippen LogP contribution in [0.5, 0.6) is 5.75 Å². The first-order valence-corrected chi connectivity index (χ1v) is 9.39. The highest BCUT2D eigenvalue weighted by molar-refractivity contribution is 5.94. The Morgan fingerprint density at radius 3 is 3.04 bits per heavy atom. The lowest BCUT2D eigenvalue weighted by Crippen LogP contribution is -2.39. The third kappa shape index (κ3) is 3.95. The number of nitrogens with two attached hydrogens (primary N) is 1. The summed E-state index contributed by atoms with van der Waals surface area (Å²) in [6.07, 6.45) is 7.10. The Bertz CT molecular complexity index is 904. The summed E-state index contributed by atoms with van der Waals surface area (Å²) in [5, 5.41) is 3.12. The molecule has 0 saturated heterocycles. The van der Waals surface area contributed by atoms with E-state index in [1.54, 1.807) is 12.1 Å². The Kier molecular flexibility index (Phi) is 5.07. The normalized spacial score (nSPS) is 19.3. The zero-order chi connectivity index (χ0) is 18.6. The number of nitrogens with one attached hydrogen (secondary N) is 1. The maximum atomic E-state index is 12.6. The van der Waals surface area contributed by atoms with Crippen LogP contribution in [-0.4, -0.2) is 27.9 Å². The van der Waals surface area contributed by atoms with E-state index in [0.29, 0.717) is 30.4 Å². The molecule has 3 aromatic rings. The Morgan fingerprint density at radius 1 is 1.26 bits per heavy atom.